The van der Waals surface area contributed by atoms with Gasteiger partial charge in [0.25, 0.3) is 0 Å². The van der Waals surface area contributed by atoms with Crippen molar-refractivity contribution in [2.24, 2.45) is 4.99 Å². The minimum absolute atomic E-state index is 0.198. The summed E-state index contributed by atoms with van der Waals surface area (Å²) in [5.41, 5.74) is 2.79. The highest BCUT2D eigenvalue weighted by Gasteiger charge is 2.12. The standard InChI is InChI=1S/C16H27N3O/c1-16(2,3)14-8-6-13(7-9-14)12-19-15(17-4)18-10-11-20-5/h6-9H,10-12H2,1-5H3,(H2,17,18,19). The topological polar surface area (TPSA) is 45.7 Å². The second-order valence-electron chi connectivity index (χ2n) is 5.79. The maximum atomic E-state index is 5.00. The molecule has 1 rings (SSSR count). The van der Waals surface area contributed by atoms with Crippen molar-refractivity contribution >= 4 is 5.96 Å². The summed E-state index contributed by atoms with van der Waals surface area (Å²) >= 11 is 0. The molecule has 0 saturated heterocycles. The summed E-state index contributed by atoms with van der Waals surface area (Å²) in [7, 11) is 3.46. The molecule has 112 valence electrons. The van der Waals surface area contributed by atoms with Crippen LogP contribution in [0.25, 0.3) is 0 Å². The van der Waals surface area contributed by atoms with E-state index < -0.39 is 0 Å². The molecular formula is C16H27N3O. The van der Waals surface area contributed by atoms with Crippen molar-refractivity contribution in [2.75, 3.05) is 27.3 Å². The van der Waals surface area contributed by atoms with Crippen LogP contribution in [0.4, 0.5) is 0 Å². The Hall–Kier alpha value is -1.55. The molecule has 0 aromatic heterocycles. The van der Waals surface area contributed by atoms with Crippen LogP contribution >= 0.6 is 0 Å². The number of hydrogen-bond acceptors (Lipinski definition) is 2. The number of rotatable bonds is 5. The van der Waals surface area contributed by atoms with Gasteiger partial charge in [-0.3, -0.25) is 4.99 Å². The van der Waals surface area contributed by atoms with Crippen LogP contribution in [0.1, 0.15) is 31.9 Å². The third-order valence-electron chi connectivity index (χ3n) is 3.10. The molecule has 0 heterocycles. The highest BCUT2D eigenvalue weighted by molar-refractivity contribution is 5.79. The second kappa shape index (κ2) is 7.90. The summed E-state index contributed by atoms with van der Waals surface area (Å²) in [6, 6.07) is 8.71. The largest absolute Gasteiger partial charge is 0.383 e. The second-order valence-corrected chi connectivity index (χ2v) is 5.79. The van der Waals surface area contributed by atoms with Gasteiger partial charge in [0.05, 0.1) is 6.61 Å². The number of methoxy groups -OCH3 is 1. The van der Waals surface area contributed by atoms with Crippen LogP contribution in [-0.2, 0) is 16.7 Å². The number of nitrogens with zero attached hydrogens (tertiary/aromatic N) is 1. The van der Waals surface area contributed by atoms with Crippen molar-refractivity contribution < 1.29 is 4.74 Å². The Morgan fingerprint density at radius 1 is 1.15 bits per heavy atom. The normalized spacial score (nSPS) is 12.3. The minimum Gasteiger partial charge on any atom is -0.383 e. The van der Waals surface area contributed by atoms with Gasteiger partial charge in [-0.2, -0.15) is 0 Å². The third-order valence-corrected chi connectivity index (χ3v) is 3.10. The fourth-order valence-corrected chi connectivity index (χ4v) is 1.80. The lowest BCUT2D eigenvalue weighted by Gasteiger charge is -2.19. The van der Waals surface area contributed by atoms with E-state index in [0.29, 0.717) is 6.61 Å². The number of nitrogens with one attached hydrogen (secondary N) is 2. The molecule has 4 heteroatoms. The first-order valence-electron chi connectivity index (χ1n) is 7.00. The lowest BCUT2D eigenvalue weighted by Crippen LogP contribution is -2.38. The first-order valence-corrected chi connectivity index (χ1v) is 7.00. The lowest BCUT2D eigenvalue weighted by molar-refractivity contribution is 0.203. The van der Waals surface area contributed by atoms with Gasteiger partial charge in [0.2, 0.25) is 0 Å². The van der Waals surface area contributed by atoms with Crippen LogP contribution < -0.4 is 10.6 Å². The predicted molar refractivity (Wildman–Crippen MR) is 85.2 cm³/mol. The van der Waals surface area contributed by atoms with E-state index in [2.05, 4.69) is 60.7 Å². The summed E-state index contributed by atoms with van der Waals surface area (Å²) in [5.74, 6) is 0.793. The molecule has 0 aliphatic carbocycles. The zero-order chi connectivity index (χ0) is 15.0. The minimum atomic E-state index is 0.198. The number of hydrogen-bond donors (Lipinski definition) is 2. The van der Waals surface area contributed by atoms with Gasteiger partial charge >= 0.3 is 0 Å². The van der Waals surface area contributed by atoms with E-state index in [-0.39, 0.29) is 5.41 Å². The molecule has 1 aromatic rings. The zero-order valence-electron chi connectivity index (χ0n) is 13.3. The van der Waals surface area contributed by atoms with E-state index in [0.717, 1.165) is 19.0 Å². The van der Waals surface area contributed by atoms with E-state index in [9.17, 15) is 0 Å². The molecule has 0 fully saturated rings. The van der Waals surface area contributed by atoms with Gasteiger partial charge < -0.3 is 15.4 Å². The maximum Gasteiger partial charge on any atom is 0.191 e. The first-order chi connectivity index (χ1) is 9.47. The molecule has 2 N–H and O–H groups in total. The van der Waals surface area contributed by atoms with Crippen molar-refractivity contribution in [1.29, 1.82) is 0 Å². The monoisotopic (exact) mass is 277 g/mol. The fraction of sp³-hybridized carbons (Fsp3) is 0.562. The van der Waals surface area contributed by atoms with Crippen molar-refractivity contribution in [3.63, 3.8) is 0 Å². The van der Waals surface area contributed by atoms with Crippen molar-refractivity contribution in [3.05, 3.63) is 35.4 Å². The van der Waals surface area contributed by atoms with E-state index in [1.165, 1.54) is 11.1 Å². The predicted octanol–water partition coefficient (Wildman–Crippen LogP) is 2.30. The molecule has 0 amide bonds. The molecule has 0 spiro atoms. The van der Waals surface area contributed by atoms with Crippen LogP contribution in [0.2, 0.25) is 0 Å². The van der Waals surface area contributed by atoms with E-state index in [1.807, 2.05) is 0 Å². The van der Waals surface area contributed by atoms with Gasteiger partial charge in [0.15, 0.2) is 5.96 Å². The highest BCUT2D eigenvalue weighted by atomic mass is 16.5. The maximum absolute atomic E-state index is 5.00. The third kappa shape index (κ3) is 5.61. The van der Waals surface area contributed by atoms with Crippen LogP contribution in [0.3, 0.4) is 0 Å². The Balaban J connectivity index is 2.48. The van der Waals surface area contributed by atoms with Crippen LogP contribution in [0.5, 0.6) is 0 Å². The molecule has 0 atom stereocenters. The summed E-state index contributed by atoms with van der Waals surface area (Å²) < 4.78 is 5.00. The highest BCUT2D eigenvalue weighted by Crippen LogP contribution is 2.22. The summed E-state index contributed by atoms with van der Waals surface area (Å²) in [6.45, 7) is 8.85. The summed E-state index contributed by atoms with van der Waals surface area (Å²) in [6.07, 6.45) is 0. The van der Waals surface area contributed by atoms with E-state index in [4.69, 9.17) is 4.74 Å². The van der Waals surface area contributed by atoms with Crippen molar-refractivity contribution in [2.45, 2.75) is 32.7 Å². The lowest BCUT2D eigenvalue weighted by atomic mass is 9.87. The molecule has 0 aliphatic rings. The van der Waals surface area contributed by atoms with Gasteiger partial charge in [-0.05, 0) is 16.5 Å². The van der Waals surface area contributed by atoms with E-state index >= 15 is 0 Å². The van der Waals surface area contributed by atoms with Gasteiger partial charge in [-0.1, -0.05) is 45.0 Å². The van der Waals surface area contributed by atoms with Crippen molar-refractivity contribution in [1.82, 2.24) is 10.6 Å². The van der Waals surface area contributed by atoms with Crippen molar-refractivity contribution in [3.8, 4) is 0 Å². The fourth-order valence-electron chi connectivity index (χ4n) is 1.80. The quantitative estimate of drug-likeness (QED) is 0.493. The molecular weight excluding hydrogens is 250 g/mol. The van der Waals surface area contributed by atoms with Crippen LogP contribution in [-0.4, -0.2) is 33.3 Å². The molecule has 20 heavy (non-hydrogen) atoms. The molecule has 0 bridgehead atoms. The molecule has 0 radical (unpaired) electrons. The van der Waals surface area contributed by atoms with Crippen LogP contribution in [0, 0.1) is 0 Å². The zero-order valence-corrected chi connectivity index (χ0v) is 13.3. The van der Waals surface area contributed by atoms with Gasteiger partial charge in [-0.15, -0.1) is 0 Å². The Kier molecular flexibility index (Phi) is 6.52. The molecule has 1 aromatic carbocycles. The number of ether oxygens (including phenoxy) is 1. The number of aliphatic imine (C=N–C) groups is 1. The SMILES string of the molecule is CN=C(NCCOC)NCc1ccc(C(C)(C)C)cc1. The molecule has 0 aliphatic heterocycles. The average Bonchev–Trinajstić information content (AvgIpc) is 2.42. The Morgan fingerprint density at radius 3 is 2.30 bits per heavy atom. The molecule has 4 nitrogen and oxygen atoms in total. The van der Waals surface area contributed by atoms with Crippen LogP contribution in [0.15, 0.2) is 29.3 Å². The van der Waals surface area contributed by atoms with E-state index in [1.54, 1.807) is 14.2 Å². The Labute approximate surface area is 122 Å². The average molecular weight is 277 g/mol. The summed E-state index contributed by atoms with van der Waals surface area (Å²) in [4.78, 5) is 4.17. The Morgan fingerprint density at radius 2 is 1.80 bits per heavy atom. The molecule has 0 unspecified atom stereocenters. The van der Waals surface area contributed by atoms with Gasteiger partial charge in [0, 0.05) is 27.2 Å². The summed E-state index contributed by atoms with van der Waals surface area (Å²) in [5, 5.41) is 6.48. The number of benzene rings is 1. The van der Waals surface area contributed by atoms with Gasteiger partial charge in [0.1, 0.15) is 0 Å². The number of guanidine groups is 1. The smallest absolute Gasteiger partial charge is 0.191 e. The molecule has 0 saturated carbocycles. The van der Waals surface area contributed by atoms with Gasteiger partial charge in [-0.25, -0.2) is 0 Å². The Bertz CT molecular complexity index is 418. The first kappa shape index (κ1) is 16.5.